The van der Waals surface area contributed by atoms with Crippen molar-refractivity contribution in [3.8, 4) is 0 Å². The number of carbonyl (C=O) groups excluding carboxylic acids is 5. The normalized spacial score (nSPS) is 20.4. The number of amides is 3. The molecule has 9 nitrogen and oxygen atoms in total. The Balaban J connectivity index is 1.01. The topological polar surface area (TPSA) is 119 Å². The second kappa shape index (κ2) is 11.7. The predicted molar refractivity (Wildman–Crippen MR) is 168 cm³/mol. The third-order valence-electron chi connectivity index (χ3n) is 8.99. The van der Waals surface area contributed by atoms with Crippen LogP contribution in [0, 0.1) is 11.8 Å². The highest BCUT2D eigenvalue weighted by molar-refractivity contribution is 6.23. The Morgan fingerprint density at radius 1 is 0.652 bits per heavy atom. The molecule has 4 aromatic rings. The summed E-state index contributed by atoms with van der Waals surface area (Å²) < 4.78 is 10.3. The number of hydrogen-bond acceptors (Lipinski definition) is 7. The van der Waals surface area contributed by atoms with Crippen molar-refractivity contribution in [1.29, 1.82) is 0 Å². The molecule has 4 aliphatic rings. The summed E-state index contributed by atoms with van der Waals surface area (Å²) in [7, 11) is 0. The van der Waals surface area contributed by atoms with Crippen LogP contribution >= 0.6 is 0 Å². The van der Waals surface area contributed by atoms with E-state index in [1.54, 1.807) is 24.3 Å². The van der Waals surface area contributed by atoms with Gasteiger partial charge in [0.1, 0.15) is 0 Å². The predicted octanol–water partition coefficient (Wildman–Crippen LogP) is 5.45. The van der Waals surface area contributed by atoms with Crippen LogP contribution in [0.15, 0.2) is 97.1 Å². The second-order valence-electron chi connectivity index (χ2n) is 11.7. The van der Waals surface area contributed by atoms with Gasteiger partial charge in [0, 0.05) is 17.5 Å². The van der Waals surface area contributed by atoms with E-state index in [9.17, 15) is 24.0 Å². The fourth-order valence-corrected chi connectivity index (χ4v) is 7.06. The lowest BCUT2D eigenvalue weighted by atomic mass is 9.55. The molecular weight excluding hydrogens is 584 g/mol. The molecule has 9 heteroatoms. The van der Waals surface area contributed by atoms with Crippen LogP contribution in [0.5, 0.6) is 0 Å². The largest absolute Gasteiger partial charge is 0.462 e. The standard InChI is InChI=1S/C37H30N2O7/c1-2-19-45-36(43)21-11-15-23(16-12-21)38-29(40)20-46-37(44)22-13-17-24(18-14-22)39-34(41)32-30-25-7-3-4-8-26(25)31(33(32)35(39)42)28-10-6-5-9-27(28)30/h3-18,30-33H,2,19-20H2,1H3,(H,38,40)/t30?,31?,32-,33-/m1/s1. The van der Waals surface area contributed by atoms with E-state index in [1.807, 2.05) is 31.2 Å². The van der Waals surface area contributed by atoms with Crippen LogP contribution in [0.3, 0.4) is 0 Å². The number of rotatable bonds is 8. The number of imide groups is 1. The van der Waals surface area contributed by atoms with Crippen LogP contribution in [-0.2, 0) is 23.9 Å². The Morgan fingerprint density at radius 3 is 1.59 bits per heavy atom. The van der Waals surface area contributed by atoms with Gasteiger partial charge >= 0.3 is 11.9 Å². The monoisotopic (exact) mass is 614 g/mol. The molecule has 2 bridgehead atoms. The van der Waals surface area contributed by atoms with Gasteiger partial charge in [0.05, 0.1) is 35.3 Å². The molecule has 3 amide bonds. The molecule has 0 radical (unpaired) electrons. The Hall–Kier alpha value is -5.57. The van der Waals surface area contributed by atoms with Crippen molar-refractivity contribution in [1.82, 2.24) is 0 Å². The summed E-state index contributed by atoms with van der Waals surface area (Å²) in [6.45, 7) is 1.70. The highest BCUT2D eigenvalue weighted by atomic mass is 16.5. The zero-order valence-corrected chi connectivity index (χ0v) is 25.0. The summed E-state index contributed by atoms with van der Waals surface area (Å²) in [6.07, 6.45) is 0.716. The lowest BCUT2D eigenvalue weighted by Crippen LogP contribution is -2.41. The zero-order valence-electron chi connectivity index (χ0n) is 25.0. The summed E-state index contributed by atoms with van der Waals surface area (Å²) in [5.41, 5.74) is 5.74. The Bertz CT molecular complexity index is 1770. The van der Waals surface area contributed by atoms with E-state index in [0.717, 1.165) is 22.3 Å². The highest BCUT2D eigenvalue weighted by Gasteiger charge is 2.61. The Kier molecular flexibility index (Phi) is 7.44. The Labute approximate surface area is 265 Å². The molecule has 3 aliphatic carbocycles. The van der Waals surface area contributed by atoms with Crippen LogP contribution in [-0.4, -0.2) is 42.9 Å². The van der Waals surface area contributed by atoms with E-state index in [1.165, 1.54) is 29.2 Å². The van der Waals surface area contributed by atoms with Crippen LogP contribution < -0.4 is 10.2 Å². The van der Waals surface area contributed by atoms with Crippen molar-refractivity contribution < 1.29 is 33.4 Å². The molecule has 46 heavy (non-hydrogen) atoms. The number of carbonyl (C=O) groups is 5. The molecule has 1 aliphatic heterocycles. The highest BCUT2D eigenvalue weighted by Crippen LogP contribution is 2.61. The van der Waals surface area contributed by atoms with E-state index >= 15 is 0 Å². The van der Waals surface area contributed by atoms with E-state index < -0.39 is 36.3 Å². The van der Waals surface area contributed by atoms with Gasteiger partial charge in [-0.1, -0.05) is 55.5 Å². The molecular formula is C37H30N2O7. The first kappa shape index (κ1) is 29.2. The lowest BCUT2D eigenvalue weighted by Gasteiger charge is -2.45. The maximum atomic E-state index is 13.9. The van der Waals surface area contributed by atoms with E-state index in [-0.39, 0.29) is 29.2 Å². The maximum absolute atomic E-state index is 13.9. The second-order valence-corrected chi connectivity index (χ2v) is 11.7. The number of benzene rings is 4. The average molecular weight is 615 g/mol. The van der Waals surface area contributed by atoms with Gasteiger partial charge in [-0.25, -0.2) is 14.5 Å². The van der Waals surface area contributed by atoms with Crippen molar-refractivity contribution in [2.45, 2.75) is 25.2 Å². The average Bonchev–Trinajstić information content (AvgIpc) is 3.36. The summed E-state index contributed by atoms with van der Waals surface area (Å²) in [5.74, 6) is -3.63. The van der Waals surface area contributed by atoms with Gasteiger partial charge in [0.2, 0.25) is 11.8 Å². The Morgan fingerprint density at radius 2 is 1.11 bits per heavy atom. The minimum Gasteiger partial charge on any atom is -0.462 e. The molecule has 1 heterocycles. The van der Waals surface area contributed by atoms with E-state index in [0.29, 0.717) is 30.0 Å². The minimum atomic E-state index is -0.729. The number of nitrogens with zero attached hydrogens (tertiary/aromatic N) is 1. The summed E-state index contributed by atoms with van der Waals surface area (Å²) >= 11 is 0. The zero-order chi connectivity index (χ0) is 31.9. The molecule has 8 rings (SSSR count). The molecule has 1 saturated heterocycles. The minimum absolute atomic E-state index is 0.169. The molecule has 0 spiro atoms. The fourth-order valence-electron chi connectivity index (χ4n) is 7.06. The summed E-state index contributed by atoms with van der Waals surface area (Å²) in [6, 6.07) is 28.4. The summed E-state index contributed by atoms with van der Waals surface area (Å²) in [5, 5.41) is 2.61. The van der Waals surface area contributed by atoms with Crippen molar-refractivity contribution in [3.63, 3.8) is 0 Å². The van der Waals surface area contributed by atoms with Crippen molar-refractivity contribution >= 4 is 41.0 Å². The number of nitrogens with one attached hydrogen (secondary N) is 1. The first-order valence-electron chi connectivity index (χ1n) is 15.3. The maximum Gasteiger partial charge on any atom is 0.338 e. The van der Waals surface area contributed by atoms with E-state index in [4.69, 9.17) is 9.47 Å². The van der Waals surface area contributed by atoms with Gasteiger partial charge in [-0.05, 0) is 77.2 Å². The van der Waals surface area contributed by atoms with Crippen molar-refractivity contribution in [3.05, 3.63) is 130 Å². The first-order chi connectivity index (χ1) is 22.4. The van der Waals surface area contributed by atoms with Gasteiger partial charge in [-0.2, -0.15) is 0 Å². The quantitative estimate of drug-likeness (QED) is 0.207. The summed E-state index contributed by atoms with van der Waals surface area (Å²) in [4.78, 5) is 66.2. The van der Waals surface area contributed by atoms with Crippen molar-refractivity contribution in [2.24, 2.45) is 11.8 Å². The molecule has 4 aromatic carbocycles. The molecule has 0 aromatic heterocycles. The number of hydrogen-bond donors (Lipinski definition) is 1. The third kappa shape index (κ3) is 4.84. The molecule has 0 unspecified atom stereocenters. The molecule has 1 N–H and O–H groups in total. The molecule has 2 atom stereocenters. The van der Waals surface area contributed by atoms with Gasteiger partial charge in [-0.15, -0.1) is 0 Å². The van der Waals surface area contributed by atoms with Gasteiger partial charge in [-0.3, -0.25) is 14.4 Å². The fraction of sp³-hybridized carbons (Fsp3) is 0.216. The first-order valence-corrected chi connectivity index (χ1v) is 15.3. The number of esters is 2. The van der Waals surface area contributed by atoms with Gasteiger partial charge in [0.15, 0.2) is 6.61 Å². The van der Waals surface area contributed by atoms with Crippen LogP contribution in [0.1, 0.15) is 68.2 Å². The van der Waals surface area contributed by atoms with Crippen molar-refractivity contribution in [2.75, 3.05) is 23.4 Å². The van der Waals surface area contributed by atoms with Crippen LogP contribution in [0.4, 0.5) is 11.4 Å². The third-order valence-corrected chi connectivity index (χ3v) is 8.99. The number of ether oxygens (including phenoxy) is 2. The van der Waals surface area contributed by atoms with Crippen LogP contribution in [0.2, 0.25) is 0 Å². The molecule has 1 fully saturated rings. The lowest BCUT2D eigenvalue weighted by molar-refractivity contribution is -0.122. The van der Waals surface area contributed by atoms with E-state index in [2.05, 4.69) is 29.6 Å². The molecule has 0 saturated carbocycles. The smallest absolute Gasteiger partial charge is 0.338 e. The number of anilines is 2. The molecule has 230 valence electrons. The van der Waals surface area contributed by atoms with Gasteiger partial charge < -0.3 is 14.8 Å². The van der Waals surface area contributed by atoms with Gasteiger partial charge in [0.25, 0.3) is 5.91 Å². The van der Waals surface area contributed by atoms with Crippen LogP contribution in [0.25, 0.3) is 0 Å². The SMILES string of the molecule is CCCOC(=O)c1ccc(NC(=O)COC(=O)c2ccc(N3C(=O)[C@@H]4C5c6ccccc6C(c6ccccc65)[C@H]4C3=O)cc2)cc1.